The lowest BCUT2D eigenvalue weighted by Crippen LogP contribution is -2.27. The Balaban J connectivity index is 2.02. The summed E-state index contributed by atoms with van der Waals surface area (Å²) in [5, 5.41) is 3.22. The van der Waals surface area contributed by atoms with Gasteiger partial charge in [-0.05, 0) is 43.7 Å². The number of halogens is 3. The highest BCUT2D eigenvalue weighted by Crippen LogP contribution is 2.29. The lowest BCUT2D eigenvalue weighted by Gasteiger charge is -2.11. The summed E-state index contributed by atoms with van der Waals surface area (Å²) in [5.41, 5.74) is -0.706. The Morgan fingerprint density at radius 3 is 2.44 bits per heavy atom. The van der Waals surface area contributed by atoms with E-state index in [4.69, 9.17) is 0 Å². The summed E-state index contributed by atoms with van der Waals surface area (Å²) in [4.78, 5) is 0.455. The molecule has 1 N–H and O–H groups in total. The number of alkyl halides is 3. The zero-order chi connectivity index (χ0) is 13.2. The van der Waals surface area contributed by atoms with Crippen LogP contribution in [0.1, 0.15) is 18.4 Å². The van der Waals surface area contributed by atoms with Crippen molar-refractivity contribution in [1.29, 1.82) is 0 Å². The minimum Gasteiger partial charge on any atom is -0.313 e. The fraction of sp³-hybridized carbons (Fsp3) is 0.500. The van der Waals surface area contributed by atoms with E-state index in [2.05, 4.69) is 5.32 Å². The van der Waals surface area contributed by atoms with Gasteiger partial charge in [-0.1, -0.05) is 0 Å². The molecule has 1 aromatic rings. The van der Waals surface area contributed by atoms with Gasteiger partial charge in [0.2, 0.25) is 0 Å². The van der Waals surface area contributed by atoms with Gasteiger partial charge < -0.3 is 5.32 Å². The Morgan fingerprint density at radius 2 is 1.94 bits per heavy atom. The molecule has 1 fully saturated rings. The van der Waals surface area contributed by atoms with Crippen LogP contribution in [0, 0.1) is 0 Å². The fourth-order valence-electron chi connectivity index (χ4n) is 1.97. The van der Waals surface area contributed by atoms with Crippen LogP contribution < -0.4 is 5.32 Å². The average Bonchev–Trinajstić information content (AvgIpc) is 2.81. The lowest BCUT2D eigenvalue weighted by molar-refractivity contribution is -0.137. The van der Waals surface area contributed by atoms with Crippen LogP contribution in [0.5, 0.6) is 0 Å². The van der Waals surface area contributed by atoms with Gasteiger partial charge in [0.15, 0.2) is 0 Å². The Labute approximate surface area is 106 Å². The number of hydrogen-bond acceptors (Lipinski definition) is 2. The zero-order valence-electron chi connectivity index (χ0n) is 9.67. The third-order valence-electron chi connectivity index (χ3n) is 2.96. The van der Waals surface area contributed by atoms with Crippen molar-refractivity contribution < 1.29 is 17.4 Å². The van der Waals surface area contributed by atoms with E-state index < -0.39 is 22.5 Å². The highest BCUT2D eigenvalue weighted by molar-refractivity contribution is 7.85. The van der Waals surface area contributed by atoms with E-state index >= 15 is 0 Å². The SMILES string of the molecule is O=[S@@](CC1CCCN1)c1ccc(C(F)(F)F)cc1. The van der Waals surface area contributed by atoms with E-state index in [1.165, 1.54) is 12.1 Å². The summed E-state index contributed by atoms with van der Waals surface area (Å²) < 4.78 is 49.0. The minimum absolute atomic E-state index is 0.216. The molecule has 0 radical (unpaired) electrons. The van der Waals surface area contributed by atoms with Crippen molar-refractivity contribution >= 4 is 10.8 Å². The summed E-state index contributed by atoms with van der Waals surface area (Å²) in [6.07, 6.45) is -2.30. The summed E-state index contributed by atoms with van der Waals surface area (Å²) >= 11 is 0. The van der Waals surface area contributed by atoms with Gasteiger partial charge in [-0.25, -0.2) is 0 Å². The third kappa shape index (κ3) is 3.32. The van der Waals surface area contributed by atoms with Crippen molar-refractivity contribution in [2.24, 2.45) is 0 Å². The van der Waals surface area contributed by atoms with Gasteiger partial charge >= 0.3 is 6.18 Å². The Kier molecular flexibility index (Phi) is 4.07. The molecule has 18 heavy (non-hydrogen) atoms. The largest absolute Gasteiger partial charge is 0.416 e. The van der Waals surface area contributed by atoms with Crippen molar-refractivity contribution in [2.75, 3.05) is 12.3 Å². The predicted octanol–water partition coefficient (Wildman–Crippen LogP) is 2.57. The van der Waals surface area contributed by atoms with Crippen LogP contribution in [0.2, 0.25) is 0 Å². The van der Waals surface area contributed by atoms with Gasteiger partial charge in [0.05, 0.1) is 16.4 Å². The molecule has 1 saturated heterocycles. The number of nitrogens with one attached hydrogen (secondary N) is 1. The molecule has 1 unspecified atom stereocenters. The van der Waals surface area contributed by atoms with E-state index in [1.54, 1.807) is 0 Å². The summed E-state index contributed by atoms with van der Waals surface area (Å²) in [5.74, 6) is 0.464. The number of rotatable bonds is 3. The van der Waals surface area contributed by atoms with Gasteiger partial charge in [-0.2, -0.15) is 13.2 Å². The second-order valence-corrected chi connectivity index (χ2v) is 5.82. The van der Waals surface area contributed by atoms with Gasteiger partial charge in [0, 0.05) is 16.7 Å². The Bertz CT molecular complexity index is 424. The van der Waals surface area contributed by atoms with Gasteiger partial charge in [-0.15, -0.1) is 0 Å². The lowest BCUT2D eigenvalue weighted by atomic mass is 10.2. The highest BCUT2D eigenvalue weighted by Gasteiger charge is 2.30. The summed E-state index contributed by atoms with van der Waals surface area (Å²) in [6, 6.07) is 4.78. The van der Waals surface area contributed by atoms with E-state index in [9.17, 15) is 17.4 Å². The van der Waals surface area contributed by atoms with Crippen molar-refractivity contribution in [2.45, 2.75) is 30.0 Å². The molecule has 0 amide bonds. The second-order valence-electron chi connectivity index (χ2n) is 4.33. The minimum atomic E-state index is -4.34. The Hall–Kier alpha value is -0.880. The standard InChI is InChI=1S/C12H14F3NOS/c13-12(14,15)9-3-5-11(6-4-9)18(17)8-10-2-1-7-16-10/h3-6,10,16H,1-2,7-8H2/t10?,18-/m0/s1. The zero-order valence-corrected chi connectivity index (χ0v) is 10.5. The smallest absolute Gasteiger partial charge is 0.313 e. The fourth-order valence-corrected chi connectivity index (χ4v) is 3.26. The first kappa shape index (κ1) is 13.5. The maximum atomic E-state index is 12.4. The molecule has 1 heterocycles. The van der Waals surface area contributed by atoms with Crippen LogP contribution in [0.25, 0.3) is 0 Å². The van der Waals surface area contributed by atoms with Crippen LogP contribution >= 0.6 is 0 Å². The molecule has 1 aliphatic rings. The molecular formula is C12H14F3NOS. The van der Waals surface area contributed by atoms with Crippen molar-refractivity contribution in [3.05, 3.63) is 29.8 Å². The molecule has 2 rings (SSSR count). The molecule has 0 spiro atoms. The van der Waals surface area contributed by atoms with E-state index in [-0.39, 0.29) is 6.04 Å². The van der Waals surface area contributed by atoms with Crippen LogP contribution in [0.4, 0.5) is 13.2 Å². The molecule has 0 bridgehead atoms. The highest BCUT2D eigenvalue weighted by atomic mass is 32.2. The van der Waals surface area contributed by atoms with Gasteiger partial charge in [0.25, 0.3) is 0 Å². The molecular weight excluding hydrogens is 263 g/mol. The first-order chi connectivity index (χ1) is 8.47. The molecule has 2 nitrogen and oxygen atoms in total. The topological polar surface area (TPSA) is 29.1 Å². The van der Waals surface area contributed by atoms with Crippen LogP contribution in [0.3, 0.4) is 0 Å². The molecule has 0 aromatic heterocycles. The molecule has 0 saturated carbocycles. The van der Waals surface area contributed by atoms with Crippen LogP contribution in [0.15, 0.2) is 29.2 Å². The molecule has 0 aliphatic carbocycles. The van der Waals surface area contributed by atoms with Crippen molar-refractivity contribution in [3.8, 4) is 0 Å². The number of benzene rings is 1. The molecule has 100 valence electrons. The predicted molar refractivity (Wildman–Crippen MR) is 63.7 cm³/mol. The second kappa shape index (κ2) is 5.40. The molecule has 2 atom stereocenters. The third-order valence-corrected chi connectivity index (χ3v) is 4.46. The number of hydrogen-bond donors (Lipinski definition) is 1. The maximum Gasteiger partial charge on any atom is 0.416 e. The molecule has 1 aliphatic heterocycles. The summed E-state index contributed by atoms with van der Waals surface area (Å²) in [7, 11) is -1.24. The van der Waals surface area contributed by atoms with E-state index in [1.807, 2.05) is 0 Å². The van der Waals surface area contributed by atoms with Gasteiger partial charge in [0.1, 0.15) is 0 Å². The summed E-state index contributed by atoms with van der Waals surface area (Å²) in [6.45, 7) is 0.925. The quantitative estimate of drug-likeness (QED) is 0.920. The van der Waals surface area contributed by atoms with Crippen LogP contribution in [-0.4, -0.2) is 22.5 Å². The molecule has 6 heteroatoms. The Morgan fingerprint density at radius 1 is 1.28 bits per heavy atom. The first-order valence-electron chi connectivity index (χ1n) is 5.76. The van der Waals surface area contributed by atoms with Crippen molar-refractivity contribution in [1.82, 2.24) is 5.32 Å². The van der Waals surface area contributed by atoms with Gasteiger partial charge in [-0.3, -0.25) is 4.21 Å². The van der Waals surface area contributed by atoms with E-state index in [0.29, 0.717) is 10.6 Å². The first-order valence-corrected chi connectivity index (χ1v) is 7.08. The maximum absolute atomic E-state index is 12.4. The average molecular weight is 277 g/mol. The normalized spacial score (nSPS) is 22.1. The molecule has 1 aromatic carbocycles. The van der Waals surface area contributed by atoms with Crippen LogP contribution in [-0.2, 0) is 17.0 Å². The monoisotopic (exact) mass is 277 g/mol. The van der Waals surface area contributed by atoms with E-state index in [0.717, 1.165) is 31.5 Å². The van der Waals surface area contributed by atoms with Crippen molar-refractivity contribution in [3.63, 3.8) is 0 Å².